The minimum atomic E-state index is -1.64. The maximum absolute atomic E-state index is 12.9. The molecule has 0 aromatic heterocycles. The van der Waals surface area contributed by atoms with Gasteiger partial charge in [-0.05, 0) is 74.4 Å². The van der Waals surface area contributed by atoms with E-state index in [0.29, 0.717) is 13.0 Å². The van der Waals surface area contributed by atoms with Crippen LogP contribution in [0.3, 0.4) is 0 Å². The number of benzene rings is 5. The van der Waals surface area contributed by atoms with Crippen LogP contribution in [0.1, 0.15) is 28.8 Å². The van der Waals surface area contributed by atoms with Crippen molar-refractivity contribution >= 4 is 62.6 Å². The van der Waals surface area contributed by atoms with Crippen molar-refractivity contribution in [1.82, 2.24) is 10.6 Å². The van der Waals surface area contributed by atoms with E-state index in [2.05, 4.69) is 53.1 Å². The second-order valence-corrected chi connectivity index (χ2v) is 9.68. The molecule has 196 valence electrons. The van der Waals surface area contributed by atoms with Gasteiger partial charge in [0.1, 0.15) is 6.04 Å². The molecule has 0 aliphatic heterocycles. The Hall–Kier alpha value is -4.47. The molecule has 5 aromatic carbocycles. The summed E-state index contributed by atoms with van der Waals surface area (Å²) in [5.74, 6) is -1.31. The van der Waals surface area contributed by atoms with Gasteiger partial charge in [-0.2, -0.15) is 0 Å². The van der Waals surface area contributed by atoms with E-state index in [4.69, 9.17) is 5.73 Å². The SMILES string of the molecule is NC(=O)C(CCCNC(=O)Cc1cc2cccc3ccc4cccc1c4c32)NC(=O)c1ccc(B(O)O)cc1. The summed E-state index contributed by atoms with van der Waals surface area (Å²) in [5.41, 5.74) is 6.94. The van der Waals surface area contributed by atoms with Crippen molar-refractivity contribution in [1.29, 1.82) is 0 Å². The predicted octanol–water partition coefficient (Wildman–Crippen LogP) is 1.99. The lowest BCUT2D eigenvalue weighted by Gasteiger charge is -2.16. The number of rotatable bonds is 10. The molecule has 0 saturated heterocycles. The van der Waals surface area contributed by atoms with Gasteiger partial charge in [-0.1, -0.05) is 60.7 Å². The summed E-state index contributed by atoms with van der Waals surface area (Å²) in [6.45, 7) is 0.325. The zero-order valence-electron chi connectivity index (χ0n) is 21.2. The Morgan fingerprint density at radius 3 is 2.21 bits per heavy atom. The van der Waals surface area contributed by atoms with E-state index in [1.54, 1.807) is 0 Å². The first-order chi connectivity index (χ1) is 18.8. The number of nitrogens with one attached hydrogen (secondary N) is 2. The third-order valence-electron chi connectivity index (χ3n) is 7.06. The minimum absolute atomic E-state index is 0.129. The van der Waals surface area contributed by atoms with Crippen LogP contribution >= 0.6 is 0 Å². The summed E-state index contributed by atoms with van der Waals surface area (Å²) in [6, 6.07) is 23.4. The average Bonchev–Trinajstić information content (AvgIpc) is 2.93. The van der Waals surface area contributed by atoms with Gasteiger partial charge in [-0.3, -0.25) is 14.4 Å². The molecule has 39 heavy (non-hydrogen) atoms. The third-order valence-corrected chi connectivity index (χ3v) is 7.06. The molecule has 5 aromatic rings. The predicted molar refractivity (Wildman–Crippen MR) is 153 cm³/mol. The van der Waals surface area contributed by atoms with Gasteiger partial charge >= 0.3 is 7.12 Å². The first-order valence-corrected chi connectivity index (χ1v) is 12.8. The number of nitrogens with two attached hydrogens (primary N) is 1. The molecular formula is C30H28BN3O5. The molecule has 0 aliphatic rings. The van der Waals surface area contributed by atoms with Crippen molar-refractivity contribution in [2.75, 3.05) is 6.54 Å². The molecule has 1 unspecified atom stereocenters. The Kier molecular flexibility index (Phi) is 7.45. The fraction of sp³-hybridized carbons (Fsp3) is 0.167. The van der Waals surface area contributed by atoms with Gasteiger partial charge in [-0.25, -0.2) is 0 Å². The van der Waals surface area contributed by atoms with Crippen molar-refractivity contribution in [3.05, 3.63) is 90.0 Å². The standard InChI is InChI=1S/C30H28BN3O5/c32-29(36)25(34-30(37)20-11-13-23(14-12-20)31(38)39)8-3-15-33-26(35)17-22-16-21-6-1-4-18-9-10-19-5-2-7-24(22)28(19)27(18)21/h1-2,4-7,9-14,16,25,38-39H,3,8,15,17H2,(H2,32,36)(H,33,35)(H,34,37). The van der Waals surface area contributed by atoms with Gasteiger partial charge in [0.2, 0.25) is 11.8 Å². The summed E-state index contributed by atoms with van der Waals surface area (Å²) < 4.78 is 0. The molecule has 8 nitrogen and oxygen atoms in total. The minimum Gasteiger partial charge on any atom is -0.423 e. The number of carbonyl (C=O) groups is 3. The number of hydrogen-bond donors (Lipinski definition) is 5. The average molecular weight is 521 g/mol. The largest absolute Gasteiger partial charge is 0.488 e. The number of hydrogen-bond acceptors (Lipinski definition) is 5. The van der Waals surface area contributed by atoms with Crippen molar-refractivity contribution in [3.63, 3.8) is 0 Å². The topological polar surface area (TPSA) is 142 Å². The van der Waals surface area contributed by atoms with Crippen LogP contribution in [0.2, 0.25) is 0 Å². The van der Waals surface area contributed by atoms with Crippen molar-refractivity contribution in [2.24, 2.45) is 5.73 Å². The van der Waals surface area contributed by atoms with Gasteiger partial charge in [0.05, 0.1) is 6.42 Å². The third kappa shape index (κ3) is 5.55. The highest BCUT2D eigenvalue weighted by molar-refractivity contribution is 6.58. The van der Waals surface area contributed by atoms with Crippen LogP contribution in [0.15, 0.2) is 78.9 Å². The van der Waals surface area contributed by atoms with Crippen molar-refractivity contribution in [2.45, 2.75) is 25.3 Å². The number of primary amides is 1. The van der Waals surface area contributed by atoms with E-state index in [9.17, 15) is 24.4 Å². The Bertz CT molecular complexity index is 1670. The Morgan fingerprint density at radius 2 is 1.51 bits per heavy atom. The summed E-state index contributed by atoms with van der Waals surface area (Å²) in [5, 5.41) is 30.7. The van der Waals surface area contributed by atoms with Gasteiger partial charge in [0.25, 0.3) is 5.91 Å². The van der Waals surface area contributed by atoms with E-state index in [0.717, 1.165) is 27.1 Å². The maximum Gasteiger partial charge on any atom is 0.488 e. The van der Waals surface area contributed by atoms with Crippen LogP contribution in [0.25, 0.3) is 32.3 Å². The van der Waals surface area contributed by atoms with Crippen LogP contribution in [-0.4, -0.2) is 47.5 Å². The summed E-state index contributed by atoms with van der Waals surface area (Å²) >= 11 is 0. The molecule has 0 heterocycles. The molecule has 0 spiro atoms. The van der Waals surface area contributed by atoms with Crippen LogP contribution < -0.4 is 21.8 Å². The molecule has 5 rings (SSSR count). The number of amides is 3. The smallest absolute Gasteiger partial charge is 0.423 e. The Labute approximate surface area is 225 Å². The van der Waals surface area contributed by atoms with Crippen molar-refractivity contribution < 1.29 is 24.4 Å². The van der Waals surface area contributed by atoms with E-state index in [-0.39, 0.29) is 29.8 Å². The van der Waals surface area contributed by atoms with Crippen molar-refractivity contribution in [3.8, 4) is 0 Å². The second kappa shape index (κ2) is 11.1. The fourth-order valence-corrected chi connectivity index (χ4v) is 5.09. The van der Waals surface area contributed by atoms with Gasteiger partial charge in [0.15, 0.2) is 0 Å². The summed E-state index contributed by atoms with van der Waals surface area (Å²) in [4.78, 5) is 37.3. The van der Waals surface area contributed by atoms with Crippen LogP contribution in [-0.2, 0) is 16.0 Å². The van der Waals surface area contributed by atoms with Crippen LogP contribution in [0, 0.1) is 0 Å². The molecule has 6 N–H and O–H groups in total. The number of carbonyl (C=O) groups excluding carboxylic acids is 3. The van der Waals surface area contributed by atoms with Gasteiger partial charge in [0, 0.05) is 12.1 Å². The zero-order valence-corrected chi connectivity index (χ0v) is 21.2. The summed E-state index contributed by atoms with van der Waals surface area (Å²) in [7, 11) is -1.64. The molecule has 9 heteroatoms. The fourth-order valence-electron chi connectivity index (χ4n) is 5.09. The Morgan fingerprint density at radius 1 is 0.846 bits per heavy atom. The molecule has 3 amide bonds. The Balaban J connectivity index is 1.19. The zero-order chi connectivity index (χ0) is 27.5. The second-order valence-electron chi connectivity index (χ2n) is 9.68. The van der Waals surface area contributed by atoms with Crippen LogP contribution in [0.4, 0.5) is 0 Å². The highest BCUT2D eigenvalue weighted by atomic mass is 16.4. The first-order valence-electron chi connectivity index (χ1n) is 12.8. The van der Waals surface area contributed by atoms with E-state index < -0.39 is 25.0 Å². The highest BCUT2D eigenvalue weighted by Crippen LogP contribution is 2.36. The lowest BCUT2D eigenvalue weighted by Crippen LogP contribution is -2.45. The van der Waals surface area contributed by atoms with Gasteiger partial charge < -0.3 is 26.4 Å². The molecule has 0 bridgehead atoms. The lowest BCUT2D eigenvalue weighted by atomic mass is 9.80. The van der Waals surface area contributed by atoms with E-state index in [1.165, 1.54) is 35.0 Å². The van der Waals surface area contributed by atoms with E-state index >= 15 is 0 Å². The van der Waals surface area contributed by atoms with Gasteiger partial charge in [-0.15, -0.1) is 0 Å². The summed E-state index contributed by atoms with van der Waals surface area (Å²) in [6.07, 6.45) is 0.913. The molecule has 0 fully saturated rings. The molecule has 0 radical (unpaired) electrons. The van der Waals surface area contributed by atoms with Crippen LogP contribution in [0.5, 0.6) is 0 Å². The molecule has 0 aliphatic carbocycles. The normalized spacial score (nSPS) is 12.1. The lowest BCUT2D eigenvalue weighted by molar-refractivity contribution is -0.120. The quantitative estimate of drug-likeness (QED) is 0.109. The molecule has 0 saturated carbocycles. The highest BCUT2D eigenvalue weighted by Gasteiger charge is 2.20. The first kappa shape index (κ1) is 26.2. The maximum atomic E-state index is 12.9. The molecule has 1 atom stereocenters. The monoisotopic (exact) mass is 521 g/mol. The molecular weight excluding hydrogens is 493 g/mol. The van der Waals surface area contributed by atoms with E-state index in [1.807, 2.05) is 12.1 Å².